The summed E-state index contributed by atoms with van der Waals surface area (Å²) < 4.78 is 79.9. The van der Waals surface area contributed by atoms with Crippen LogP contribution >= 0.6 is 7.82 Å². The number of aromatic nitrogens is 6. The van der Waals surface area contributed by atoms with E-state index < -0.39 is 110 Å². The number of methoxy groups -OCH3 is 2. The Balaban J connectivity index is 0.839. The zero-order chi connectivity index (χ0) is 71.4. The number of amides is 2. The number of fused-ring (bicyclic) bond motifs is 4. The average molecular weight is 1400 g/mol. The van der Waals surface area contributed by atoms with Gasteiger partial charge in [-0.1, -0.05) is 117 Å². The van der Waals surface area contributed by atoms with Crippen molar-refractivity contribution in [1.29, 1.82) is 5.26 Å². The zero-order valence-electron chi connectivity index (χ0n) is 56.0. The largest absolute Gasteiger partial charge is 0.497 e. The second-order valence-corrected chi connectivity index (χ2v) is 26.3. The summed E-state index contributed by atoms with van der Waals surface area (Å²) in [5.41, 5.74) is 2.16. The Bertz CT molecular complexity index is 4500. The number of nitriles is 1. The Labute approximate surface area is 579 Å². The predicted molar refractivity (Wildman–Crippen MR) is 363 cm³/mol. The molecule has 7 atom stereocenters. The highest BCUT2D eigenvalue weighted by atomic mass is 31.2. The molecule has 0 bridgehead atoms. The van der Waals surface area contributed by atoms with E-state index in [0.29, 0.717) is 28.2 Å². The lowest BCUT2D eigenvalue weighted by Crippen LogP contribution is -2.38. The third-order valence-corrected chi connectivity index (χ3v) is 19.1. The minimum Gasteiger partial charge on any atom is -0.497 e. The number of carbonyl (C=O) groups is 5. The normalized spacial score (nSPS) is 18.5. The summed E-state index contributed by atoms with van der Waals surface area (Å²) in [6.07, 6.45) is -6.48. The number of ether oxygens (including phenoxy) is 7. The van der Waals surface area contributed by atoms with Crippen LogP contribution in [0.3, 0.4) is 0 Å². The molecule has 8 aromatic rings. The van der Waals surface area contributed by atoms with Gasteiger partial charge in [-0.15, -0.1) is 0 Å². The standard InChI is InChI=1S/C72H76N9O19P/c1-43(2)67(86)77-70-76-66-65(69(88)78-70)75-42-81(66)62-36-57(58(97-62)40-94-72(46-15-7-6-8-16-46,47-24-28-49(91-4)29-25-47)48-26-30-50(92-5)31-27-48)100-101(90,95-34-14-33-73)96-41-59-56(99-64(85)32-23-44(3)82)35-61(98-59)80-38-45(68(87)79-71(80)89)37-74-60(83)21-13-22-63(84)93-39-55-53-19-11-9-17-51(53)52-18-10-12-20-54(52)55/h6-12,15-20,24-31,38,42-43,55-59,61-62H,13-14,21-23,32,34-37,39-41H2,1-5H3,(H,74,83)(H,79,87,89)(H2,76,77,78,86,88)/t56?,57?,58-,59-,61-,62-,101?/m1/s1. The van der Waals surface area contributed by atoms with Crippen LogP contribution in [0.25, 0.3) is 22.3 Å². The van der Waals surface area contributed by atoms with Crippen molar-refractivity contribution in [3.05, 3.63) is 204 Å². The van der Waals surface area contributed by atoms with Gasteiger partial charge in [-0.25, -0.2) is 14.3 Å². The number of anilines is 1. The van der Waals surface area contributed by atoms with E-state index in [1.54, 1.807) is 52.3 Å². The molecular weight excluding hydrogens is 1330 g/mol. The van der Waals surface area contributed by atoms with Crippen LogP contribution in [-0.4, -0.2) is 124 Å². The zero-order valence-corrected chi connectivity index (χ0v) is 56.9. The molecule has 3 unspecified atom stereocenters. The van der Waals surface area contributed by atoms with Gasteiger partial charge in [-0.05, 0) is 76.6 Å². The van der Waals surface area contributed by atoms with Gasteiger partial charge in [0.1, 0.15) is 66.4 Å². The van der Waals surface area contributed by atoms with Crippen LogP contribution in [0.2, 0.25) is 0 Å². The SMILES string of the molecule is COc1ccc(C(OC[C@H]2O[C@@H](n3cnc4c(=O)[nH]c(NC(=O)C(C)C)nc43)CC2OP(=O)(OCCC#N)OC[C@H]2O[C@@H](n3cc(CNC(=O)CCCC(=O)OCC4c5ccccc5-c5ccccc54)c(=O)[nH]c3=O)CC2OC(=O)CCC(C)=O)(c2ccccc2)c2ccc(OC)cc2)cc1. The first-order chi connectivity index (χ1) is 48.8. The number of esters is 2. The number of Topliss-reactive ketones (excluding diaryl/α,β-unsaturated/α-hetero) is 1. The van der Waals surface area contributed by atoms with Crippen molar-refractivity contribution < 1.29 is 75.3 Å². The van der Waals surface area contributed by atoms with Gasteiger partial charge >= 0.3 is 25.5 Å². The molecule has 0 radical (unpaired) electrons. The Morgan fingerprint density at radius 2 is 1.33 bits per heavy atom. The lowest BCUT2D eigenvalue weighted by Gasteiger charge is -2.37. The van der Waals surface area contributed by atoms with Gasteiger partial charge in [0.15, 0.2) is 11.2 Å². The second-order valence-electron chi connectivity index (χ2n) is 24.6. The summed E-state index contributed by atoms with van der Waals surface area (Å²) >= 11 is 0. The summed E-state index contributed by atoms with van der Waals surface area (Å²) in [6, 6.07) is 41.7. The number of aromatic amines is 2. The quantitative estimate of drug-likeness (QED) is 0.0132. The number of nitrogens with zero attached hydrogens (tertiary/aromatic N) is 5. The highest BCUT2D eigenvalue weighted by Crippen LogP contribution is 2.55. The van der Waals surface area contributed by atoms with E-state index in [2.05, 4.69) is 30.6 Å². The molecule has 28 nitrogen and oxygen atoms in total. The first-order valence-corrected chi connectivity index (χ1v) is 34.4. The molecule has 11 rings (SSSR count). The molecular formula is C72H76N9O19P. The number of benzene rings is 5. The van der Waals surface area contributed by atoms with Crippen LogP contribution in [0.5, 0.6) is 11.5 Å². The van der Waals surface area contributed by atoms with Gasteiger partial charge in [0.25, 0.3) is 11.1 Å². The van der Waals surface area contributed by atoms with E-state index >= 15 is 4.57 Å². The van der Waals surface area contributed by atoms with Crippen molar-refractivity contribution in [1.82, 2.24) is 34.4 Å². The molecule has 2 fully saturated rings. The molecule has 2 aliphatic heterocycles. The van der Waals surface area contributed by atoms with E-state index in [-0.39, 0.29) is 106 Å². The van der Waals surface area contributed by atoms with Crippen LogP contribution in [0, 0.1) is 17.2 Å². The number of carbonyl (C=O) groups excluding carboxylic acids is 5. The summed E-state index contributed by atoms with van der Waals surface area (Å²) in [7, 11) is -1.92. The predicted octanol–water partition coefficient (Wildman–Crippen LogP) is 8.73. The Hall–Kier alpha value is -10.2. The maximum absolute atomic E-state index is 15.6. The number of ketones is 1. The van der Waals surface area contributed by atoms with Crippen LogP contribution in [0.4, 0.5) is 5.95 Å². The summed E-state index contributed by atoms with van der Waals surface area (Å²) in [4.78, 5) is 119. The van der Waals surface area contributed by atoms with Crippen LogP contribution in [0.1, 0.15) is 124 Å². The smallest absolute Gasteiger partial charge is 0.475 e. The van der Waals surface area contributed by atoms with Crippen molar-refractivity contribution in [2.24, 2.45) is 5.92 Å². The molecule has 5 heterocycles. The maximum atomic E-state index is 15.6. The summed E-state index contributed by atoms with van der Waals surface area (Å²) in [5.74, 6) is -2.22. The number of rotatable bonds is 32. The van der Waals surface area contributed by atoms with E-state index in [0.717, 1.165) is 26.8 Å². The van der Waals surface area contributed by atoms with Gasteiger partial charge in [-0.2, -0.15) is 10.2 Å². The topological polar surface area (TPSA) is 361 Å². The van der Waals surface area contributed by atoms with Crippen molar-refractivity contribution in [3.63, 3.8) is 0 Å². The number of nitrogens with one attached hydrogen (secondary N) is 4. The molecule has 5 aromatic carbocycles. The molecule has 29 heteroatoms. The van der Waals surface area contributed by atoms with Crippen LogP contribution in [0.15, 0.2) is 154 Å². The first kappa shape index (κ1) is 72.0. The van der Waals surface area contributed by atoms with Crippen molar-refractivity contribution >= 4 is 54.5 Å². The number of phosphoric acid groups is 1. The third kappa shape index (κ3) is 16.8. The van der Waals surface area contributed by atoms with Crippen LogP contribution < -0.4 is 36.9 Å². The monoisotopic (exact) mass is 1400 g/mol. The summed E-state index contributed by atoms with van der Waals surface area (Å²) in [6.45, 7) is 2.81. The Morgan fingerprint density at radius 1 is 0.713 bits per heavy atom. The van der Waals surface area contributed by atoms with Gasteiger partial charge in [0, 0.05) is 56.7 Å². The number of imidazole rings is 1. The number of phosphoric ester groups is 1. The minimum atomic E-state index is -5.01. The Kier molecular flexibility index (Phi) is 23.1. The number of hydrogen-bond acceptors (Lipinski definition) is 22. The molecule has 3 aliphatic rings. The summed E-state index contributed by atoms with van der Waals surface area (Å²) in [5, 5.41) is 15.0. The van der Waals surface area contributed by atoms with Crippen molar-refractivity contribution in [3.8, 4) is 28.7 Å². The van der Waals surface area contributed by atoms with Crippen LogP contribution in [-0.2, 0) is 77.9 Å². The molecule has 2 saturated heterocycles. The fraction of sp³-hybridized carbons (Fsp3) is 0.375. The van der Waals surface area contributed by atoms with Gasteiger partial charge in [-0.3, -0.25) is 66.8 Å². The van der Waals surface area contributed by atoms with E-state index in [1.807, 2.05) is 109 Å². The fourth-order valence-corrected chi connectivity index (χ4v) is 13.8. The third-order valence-electron chi connectivity index (χ3n) is 17.6. The van der Waals surface area contributed by atoms with Gasteiger partial charge in [0.2, 0.25) is 17.8 Å². The molecule has 1 aliphatic carbocycles. The Morgan fingerprint density at radius 3 is 1.96 bits per heavy atom. The highest BCUT2D eigenvalue weighted by Gasteiger charge is 2.48. The molecule has 3 aromatic heterocycles. The molecule has 528 valence electrons. The lowest BCUT2D eigenvalue weighted by atomic mass is 9.80. The number of H-pyrrole nitrogens is 2. The second kappa shape index (κ2) is 32.4. The first-order valence-electron chi connectivity index (χ1n) is 32.9. The molecule has 2 amide bonds. The maximum Gasteiger partial charge on any atom is 0.475 e. The van der Waals surface area contributed by atoms with Gasteiger partial charge in [0.05, 0.1) is 64.8 Å². The minimum absolute atomic E-state index is 0.00600. The molecule has 4 N–H and O–H groups in total. The van der Waals surface area contributed by atoms with Crippen molar-refractivity contribution in [2.45, 2.75) is 127 Å². The van der Waals surface area contributed by atoms with Crippen molar-refractivity contribution in [2.75, 3.05) is 46.0 Å². The van der Waals surface area contributed by atoms with E-state index in [9.17, 15) is 43.6 Å². The fourth-order valence-electron chi connectivity index (χ4n) is 12.4. The highest BCUT2D eigenvalue weighted by molar-refractivity contribution is 7.48. The molecule has 0 spiro atoms. The van der Waals surface area contributed by atoms with Gasteiger partial charge < -0.3 is 43.3 Å². The number of hydrogen-bond donors (Lipinski definition) is 4. The molecule has 101 heavy (non-hydrogen) atoms. The molecule has 0 saturated carbocycles. The van der Waals surface area contributed by atoms with E-state index in [4.69, 9.17) is 46.7 Å². The average Bonchev–Trinajstić information content (AvgIpc) is 1.47. The lowest BCUT2D eigenvalue weighted by molar-refractivity contribution is -0.154. The van der Waals surface area contributed by atoms with E-state index in [1.165, 1.54) is 24.0 Å².